The van der Waals surface area contributed by atoms with Gasteiger partial charge in [0.15, 0.2) is 18.1 Å². The van der Waals surface area contributed by atoms with Crippen LogP contribution in [0.5, 0.6) is 11.5 Å². The minimum absolute atomic E-state index is 0.00422. The van der Waals surface area contributed by atoms with Gasteiger partial charge in [-0.1, -0.05) is 6.92 Å². The first-order valence-electron chi connectivity index (χ1n) is 9.46. The number of halogens is 2. The topological polar surface area (TPSA) is 97.6 Å². The zero-order valence-corrected chi connectivity index (χ0v) is 17.7. The Morgan fingerprint density at radius 1 is 1.35 bits per heavy atom. The smallest absolute Gasteiger partial charge is 0.387 e. The predicted octanol–water partition coefficient (Wildman–Crippen LogP) is 4.15. The second-order valence-electron chi connectivity index (χ2n) is 7.04. The molecular formula is C21H20F2N2O5S. The van der Waals surface area contributed by atoms with E-state index in [1.54, 1.807) is 0 Å². The number of anilines is 1. The molecular weight excluding hydrogens is 430 g/mol. The van der Waals surface area contributed by atoms with E-state index in [4.69, 9.17) is 9.47 Å². The van der Waals surface area contributed by atoms with Gasteiger partial charge in [-0.15, -0.1) is 11.3 Å². The molecule has 1 aliphatic rings. The number of amides is 1. The number of carbonyl (C=O) groups is 2. The molecule has 0 fully saturated rings. The Morgan fingerprint density at radius 3 is 2.81 bits per heavy atom. The molecule has 164 valence electrons. The van der Waals surface area contributed by atoms with Gasteiger partial charge in [0.05, 0.1) is 18.2 Å². The Kier molecular flexibility index (Phi) is 7.07. The van der Waals surface area contributed by atoms with Crippen LogP contribution in [0.1, 0.15) is 39.7 Å². The van der Waals surface area contributed by atoms with Crippen molar-refractivity contribution in [3.05, 3.63) is 39.8 Å². The number of fused-ring (bicyclic) bond motifs is 1. The van der Waals surface area contributed by atoms with Crippen molar-refractivity contribution in [2.24, 2.45) is 5.92 Å². The molecule has 1 aromatic carbocycles. The van der Waals surface area contributed by atoms with Gasteiger partial charge in [0, 0.05) is 4.88 Å². The van der Waals surface area contributed by atoms with Gasteiger partial charge in [-0.05, 0) is 48.9 Å². The van der Waals surface area contributed by atoms with Crippen LogP contribution in [0.3, 0.4) is 0 Å². The SMILES string of the molecule is COc1cc(C(=O)OCC(=O)Nc2sc3c(c2C#N)CCC(C)C3)ccc1OC(F)F. The van der Waals surface area contributed by atoms with Gasteiger partial charge in [0.1, 0.15) is 11.1 Å². The largest absolute Gasteiger partial charge is 0.493 e. The number of nitrogens with one attached hydrogen (secondary N) is 1. The first kappa shape index (κ1) is 22.5. The molecule has 1 heterocycles. The van der Waals surface area contributed by atoms with Crippen molar-refractivity contribution in [3.8, 4) is 17.6 Å². The van der Waals surface area contributed by atoms with E-state index in [2.05, 4.69) is 23.0 Å². The third-order valence-electron chi connectivity index (χ3n) is 4.83. The molecule has 3 rings (SSSR count). The molecule has 1 N–H and O–H groups in total. The Labute approximate surface area is 181 Å². The normalized spacial score (nSPS) is 15.0. The highest BCUT2D eigenvalue weighted by Gasteiger charge is 2.25. The number of thiophene rings is 1. The van der Waals surface area contributed by atoms with Crippen LogP contribution in [-0.4, -0.2) is 32.2 Å². The monoisotopic (exact) mass is 450 g/mol. The van der Waals surface area contributed by atoms with E-state index in [0.29, 0.717) is 16.5 Å². The number of benzene rings is 1. The predicted molar refractivity (Wildman–Crippen MR) is 109 cm³/mol. The fourth-order valence-electron chi connectivity index (χ4n) is 3.32. The van der Waals surface area contributed by atoms with Crippen molar-refractivity contribution in [3.63, 3.8) is 0 Å². The number of rotatable bonds is 7. The third-order valence-corrected chi connectivity index (χ3v) is 6.00. The van der Waals surface area contributed by atoms with Crippen molar-refractivity contribution in [2.45, 2.75) is 32.8 Å². The van der Waals surface area contributed by atoms with E-state index in [9.17, 15) is 23.6 Å². The van der Waals surface area contributed by atoms with Gasteiger partial charge >= 0.3 is 12.6 Å². The minimum atomic E-state index is -3.04. The fourth-order valence-corrected chi connectivity index (χ4v) is 4.70. The highest BCUT2D eigenvalue weighted by molar-refractivity contribution is 7.16. The zero-order valence-electron chi connectivity index (χ0n) is 16.9. The van der Waals surface area contributed by atoms with Crippen molar-refractivity contribution in [1.82, 2.24) is 0 Å². The van der Waals surface area contributed by atoms with E-state index in [-0.39, 0.29) is 17.1 Å². The van der Waals surface area contributed by atoms with Crippen LogP contribution in [-0.2, 0) is 22.4 Å². The maximum Gasteiger partial charge on any atom is 0.387 e. The average Bonchev–Trinajstić information content (AvgIpc) is 3.07. The molecule has 7 nitrogen and oxygen atoms in total. The van der Waals surface area contributed by atoms with E-state index in [1.165, 1.54) is 30.6 Å². The third kappa shape index (κ3) is 5.30. The number of esters is 1. The molecule has 2 aromatic rings. The lowest BCUT2D eigenvalue weighted by Gasteiger charge is -2.17. The lowest BCUT2D eigenvalue weighted by Crippen LogP contribution is -2.21. The fraction of sp³-hybridized carbons (Fsp3) is 0.381. The summed E-state index contributed by atoms with van der Waals surface area (Å²) in [5, 5.41) is 12.6. The van der Waals surface area contributed by atoms with Crippen molar-refractivity contribution < 1.29 is 32.6 Å². The number of nitriles is 1. The Hall–Kier alpha value is -3.19. The second kappa shape index (κ2) is 9.75. The standard InChI is InChI=1S/C21H20F2N2O5S/c1-11-3-5-13-14(9-24)19(31-17(13)7-11)25-18(26)10-29-20(27)12-4-6-15(30-21(22)23)16(8-12)28-2/h4,6,8,11,21H,3,5,7,10H2,1-2H3,(H,25,26). The number of methoxy groups -OCH3 is 1. The van der Waals surface area contributed by atoms with Crippen molar-refractivity contribution in [1.29, 1.82) is 5.26 Å². The number of ether oxygens (including phenoxy) is 3. The van der Waals surface area contributed by atoms with Gasteiger partial charge in [0.25, 0.3) is 5.91 Å². The Bertz CT molecular complexity index is 1030. The second-order valence-corrected chi connectivity index (χ2v) is 8.14. The summed E-state index contributed by atoms with van der Waals surface area (Å²) in [5.74, 6) is -1.20. The summed E-state index contributed by atoms with van der Waals surface area (Å²) in [4.78, 5) is 25.6. The molecule has 0 radical (unpaired) electrons. The number of alkyl halides is 2. The van der Waals surface area contributed by atoms with Crippen molar-refractivity contribution in [2.75, 3.05) is 19.0 Å². The molecule has 0 aliphatic heterocycles. The van der Waals surface area contributed by atoms with Gasteiger partial charge in [-0.3, -0.25) is 4.79 Å². The molecule has 0 saturated carbocycles. The van der Waals surface area contributed by atoms with Crippen LogP contribution in [0, 0.1) is 17.2 Å². The quantitative estimate of drug-likeness (QED) is 0.637. The summed E-state index contributed by atoms with van der Waals surface area (Å²) in [6.45, 7) is -1.46. The van der Waals surface area contributed by atoms with Crippen LogP contribution in [0.15, 0.2) is 18.2 Å². The molecule has 1 atom stereocenters. The first-order valence-corrected chi connectivity index (χ1v) is 10.3. The summed E-state index contributed by atoms with van der Waals surface area (Å²) in [7, 11) is 1.24. The summed E-state index contributed by atoms with van der Waals surface area (Å²) in [6, 6.07) is 5.71. The minimum Gasteiger partial charge on any atom is -0.493 e. The zero-order chi connectivity index (χ0) is 22.5. The lowest BCUT2D eigenvalue weighted by atomic mass is 9.89. The van der Waals surface area contributed by atoms with Crippen LogP contribution in [0.4, 0.5) is 13.8 Å². The summed E-state index contributed by atoms with van der Waals surface area (Å²) < 4.78 is 39.0. The van der Waals surface area contributed by atoms with Crippen LogP contribution in [0.2, 0.25) is 0 Å². The van der Waals surface area contributed by atoms with Gasteiger partial charge in [0.2, 0.25) is 0 Å². The van der Waals surface area contributed by atoms with Gasteiger partial charge < -0.3 is 19.5 Å². The van der Waals surface area contributed by atoms with Gasteiger partial charge in [-0.2, -0.15) is 14.0 Å². The van der Waals surface area contributed by atoms with E-state index in [0.717, 1.165) is 35.8 Å². The van der Waals surface area contributed by atoms with Crippen molar-refractivity contribution >= 4 is 28.2 Å². The molecule has 0 spiro atoms. The van der Waals surface area contributed by atoms with E-state index in [1.807, 2.05) is 0 Å². The molecule has 10 heteroatoms. The number of nitrogens with zero attached hydrogens (tertiary/aromatic N) is 1. The highest BCUT2D eigenvalue weighted by atomic mass is 32.1. The molecule has 31 heavy (non-hydrogen) atoms. The maximum absolute atomic E-state index is 12.4. The Morgan fingerprint density at radius 2 is 2.13 bits per heavy atom. The molecule has 0 bridgehead atoms. The molecule has 0 saturated heterocycles. The molecule has 1 aliphatic carbocycles. The number of hydrogen-bond donors (Lipinski definition) is 1. The van der Waals surface area contributed by atoms with Crippen LogP contribution in [0.25, 0.3) is 0 Å². The van der Waals surface area contributed by atoms with E-state index >= 15 is 0 Å². The summed E-state index contributed by atoms with van der Waals surface area (Å²) >= 11 is 1.37. The maximum atomic E-state index is 12.4. The van der Waals surface area contributed by atoms with Gasteiger partial charge in [-0.25, -0.2) is 4.79 Å². The molecule has 1 unspecified atom stereocenters. The summed E-state index contributed by atoms with van der Waals surface area (Å²) in [5.41, 5.74) is 1.45. The molecule has 1 amide bonds. The highest BCUT2D eigenvalue weighted by Crippen LogP contribution is 2.39. The lowest BCUT2D eigenvalue weighted by molar-refractivity contribution is -0.119. The molecule has 1 aromatic heterocycles. The summed E-state index contributed by atoms with van der Waals surface area (Å²) in [6.07, 6.45) is 2.66. The van der Waals surface area contributed by atoms with Crippen LogP contribution >= 0.6 is 11.3 Å². The number of carbonyl (C=O) groups excluding carboxylic acids is 2. The Balaban J connectivity index is 1.63. The van der Waals surface area contributed by atoms with E-state index < -0.39 is 25.1 Å². The average molecular weight is 450 g/mol. The first-order chi connectivity index (χ1) is 14.8. The van der Waals surface area contributed by atoms with Crippen LogP contribution < -0.4 is 14.8 Å². The number of hydrogen-bond acceptors (Lipinski definition) is 7.